The smallest absolute Gasteiger partial charge is 0.340 e. The minimum atomic E-state index is -2.35. The van der Waals surface area contributed by atoms with Gasteiger partial charge >= 0.3 is 12.0 Å². The lowest BCUT2D eigenvalue weighted by Gasteiger charge is -2.16. The molecule has 0 unspecified atom stereocenters. The Labute approximate surface area is 153 Å². The second-order valence-electron chi connectivity index (χ2n) is 4.12. The molecule has 1 rings (SSSR count). The van der Waals surface area contributed by atoms with Gasteiger partial charge in [-0.05, 0) is 34.5 Å². The highest BCUT2D eigenvalue weighted by atomic mass is 79.9. The highest BCUT2D eigenvalue weighted by molar-refractivity contribution is 9.10. The summed E-state index contributed by atoms with van der Waals surface area (Å²) in [6, 6.07) is -0.206. The van der Waals surface area contributed by atoms with E-state index in [2.05, 4.69) is 26.0 Å². The van der Waals surface area contributed by atoms with Crippen LogP contribution in [-0.4, -0.2) is 28.8 Å². The Bertz CT molecular complexity index is 679. The van der Waals surface area contributed by atoms with Crippen LogP contribution in [0.1, 0.15) is 15.9 Å². The van der Waals surface area contributed by atoms with Gasteiger partial charge in [-0.15, -0.1) is 0 Å². The molecule has 3 amide bonds. The normalized spacial score (nSPS) is 10.9. The van der Waals surface area contributed by atoms with Gasteiger partial charge in [0.1, 0.15) is 5.82 Å². The first kappa shape index (κ1) is 20.0. The summed E-state index contributed by atoms with van der Waals surface area (Å²) in [4.78, 5) is 34.9. The van der Waals surface area contributed by atoms with Crippen LogP contribution in [0.4, 0.5) is 14.9 Å². The molecule has 6 nitrogen and oxygen atoms in total. The van der Waals surface area contributed by atoms with Crippen LogP contribution in [0.15, 0.2) is 10.5 Å². The molecule has 2 N–H and O–H groups in total. The summed E-state index contributed by atoms with van der Waals surface area (Å²) in [7, 11) is 1.09. The highest BCUT2D eigenvalue weighted by Crippen LogP contribution is 2.31. The lowest BCUT2D eigenvalue weighted by atomic mass is 10.1. The average molecular weight is 450 g/mol. The van der Waals surface area contributed by atoms with Crippen molar-refractivity contribution >= 4 is 74.3 Å². The third-order valence-corrected chi connectivity index (χ3v) is 4.07. The van der Waals surface area contributed by atoms with Crippen molar-refractivity contribution in [2.45, 2.75) is 10.7 Å². The van der Waals surface area contributed by atoms with Crippen LogP contribution in [0.5, 0.6) is 0 Å². The van der Waals surface area contributed by atoms with Gasteiger partial charge in [-0.25, -0.2) is 14.0 Å². The van der Waals surface area contributed by atoms with E-state index in [0.29, 0.717) is 0 Å². The quantitative estimate of drug-likeness (QED) is 0.532. The van der Waals surface area contributed by atoms with E-state index < -0.39 is 27.5 Å². The predicted molar refractivity (Wildman–Crippen MR) is 87.6 cm³/mol. The Balaban J connectivity index is 3.17. The summed E-state index contributed by atoms with van der Waals surface area (Å²) in [6.07, 6.45) is 0. The fraction of sp³-hybridized carbons (Fsp3) is 0.250. The molecule has 0 saturated carbocycles. The largest absolute Gasteiger partial charge is 0.465 e. The van der Waals surface area contributed by atoms with Gasteiger partial charge in [-0.3, -0.25) is 10.1 Å². The van der Waals surface area contributed by atoms with Gasteiger partial charge in [-0.1, -0.05) is 34.8 Å². The number of anilines is 1. The minimum Gasteiger partial charge on any atom is -0.465 e. The fourth-order valence-electron chi connectivity index (χ4n) is 1.50. The van der Waals surface area contributed by atoms with Gasteiger partial charge in [0.15, 0.2) is 0 Å². The topological polar surface area (TPSA) is 84.5 Å². The van der Waals surface area contributed by atoms with Gasteiger partial charge in [-0.2, -0.15) is 0 Å². The molecule has 0 radical (unpaired) electrons. The maximum Gasteiger partial charge on any atom is 0.340 e. The summed E-state index contributed by atoms with van der Waals surface area (Å²) in [5.41, 5.74) is -0.121. The number of amides is 3. The van der Waals surface area contributed by atoms with Crippen LogP contribution < -0.4 is 10.6 Å². The van der Waals surface area contributed by atoms with Gasteiger partial charge < -0.3 is 10.1 Å². The van der Waals surface area contributed by atoms with E-state index in [0.717, 1.165) is 13.2 Å². The molecular weight excluding hydrogens is 441 g/mol. The van der Waals surface area contributed by atoms with E-state index in [9.17, 15) is 18.8 Å². The van der Waals surface area contributed by atoms with Gasteiger partial charge in [0, 0.05) is 0 Å². The summed E-state index contributed by atoms with van der Waals surface area (Å²) < 4.78 is 15.9. The molecule has 0 aromatic heterocycles. The molecule has 0 spiro atoms. The molecule has 126 valence electrons. The van der Waals surface area contributed by atoms with E-state index in [1.54, 1.807) is 5.32 Å². The number of hydrogen-bond donors (Lipinski definition) is 2. The van der Waals surface area contributed by atoms with Gasteiger partial charge in [0.05, 0.1) is 22.8 Å². The highest BCUT2D eigenvalue weighted by Gasteiger charge is 2.32. The number of carbonyl (C=O) groups is 3. The number of esters is 1. The van der Waals surface area contributed by atoms with Crippen LogP contribution in [0.25, 0.3) is 0 Å². The van der Waals surface area contributed by atoms with Crippen molar-refractivity contribution in [2.75, 3.05) is 12.4 Å². The number of benzene rings is 1. The number of nitrogens with one attached hydrogen (secondary N) is 2. The molecule has 0 aliphatic carbocycles. The molecule has 0 saturated heterocycles. The molecule has 1 aromatic rings. The molecule has 0 atom stereocenters. The van der Waals surface area contributed by atoms with E-state index in [1.807, 2.05) is 0 Å². The van der Waals surface area contributed by atoms with Crippen molar-refractivity contribution < 1.29 is 23.5 Å². The standard InChI is InChI=1S/C12H9BrCl3FN2O4/c1-4-7(13)6(17)3-5(9(20)23-2)8(4)18-11(22)19-10(21)12(14,15)16/h3H,1-2H3,(H2,18,19,21,22). The third kappa shape index (κ3) is 4.94. The number of hydrogen-bond acceptors (Lipinski definition) is 4. The molecule has 0 aliphatic heterocycles. The number of ether oxygens (including phenoxy) is 1. The maximum absolute atomic E-state index is 13.7. The van der Waals surface area contributed by atoms with Crippen molar-refractivity contribution in [3.05, 3.63) is 27.5 Å². The van der Waals surface area contributed by atoms with Crippen molar-refractivity contribution in [3.8, 4) is 0 Å². The Morgan fingerprint density at radius 3 is 2.35 bits per heavy atom. The molecule has 0 aliphatic rings. The van der Waals surface area contributed by atoms with Crippen molar-refractivity contribution in [2.24, 2.45) is 0 Å². The van der Waals surface area contributed by atoms with Crippen LogP contribution in [0, 0.1) is 12.7 Å². The van der Waals surface area contributed by atoms with Crippen LogP contribution >= 0.6 is 50.7 Å². The zero-order valence-electron chi connectivity index (χ0n) is 11.6. The molecule has 23 heavy (non-hydrogen) atoms. The fourth-order valence-corrected chi connectivity index (χ4v) is 1.96. The van der Waals surface area contributed by atoms with Crippen LogP contribution in [0.3, 0.4) is 0 Å². The third-order valence-electron chi connectivity index (χ3n) is 2.58. The van der Waals surface area contributed by atoms with Crippen LogP contribution in [0.2, 0.25) is 0 Å². The Kier molecular flexibility index (Phi) is 6.64. The molecule has 1 aromatic carbocycles. The monoisotopic (exact) mass is 448 g/mol. The number of rotatable bonds is 2. The zero-order valence-corrected chi connectivity index (χ0v) is 15.5. The molecular formula is C12H9BrCl3FN2O4. The Hall–Kier alpha value is -1.09. The Morgan fingerprint density at radius 1 is 1.30 bits per heavy atom. The van der Waals surface area contributed by atoms with Crippen LogP contribution in [-0.2, 0) is 9.53 Å². The maximum atomic E-state index is 13.7. The number of alkyl halides is 3. The summed E-state index contributed by atoms with van der Waals surface area (Å²) in [6.45, 7) is 1.44. The number of methoxy groups -OCH3 is 1. The number of halogens is 5. The Morgan fingerprint density at radius 2 is 1.87 bits per heavy atom. The average Bonchev–Trinajstić information content (AvgIpc) is 2.45. The minimum absolute atomic E-state index is 0.0214. The molecule has 11 heteroatoms. The van der Waals surface area contributed by atoms with Gasteiger partial charge in [0.2, 0.25) is 0 Å². The SMILES string of the molecule is COC(=O)c1cc(F)c(Br)c(C)c1NC(=O)NC(=O)C(Cl)(Cl)Cl. The number of imide groups is 1. The van der Waals surface area contributed by atoms with E-state index >= 15 is 0 Å². The van der Waals surface area contributed by atoms with E-state index in [1.165, 1.54) is 6.92 Å². The second-order valence-corrected chi connectivity index (χ2v) is 7.19. The number of carbonyl (C=O) groups excluding carboxylic acids is 3. The lowest BCUT2D eigenvalue weighted by Crippen LogP contribution is -2.41. The van der Waals surface area contributed by atoms with E-state index in [4.69, 9.17) is 34.8 Å². The van der Waals surface area contributed by atoms with Crippen molar-refractivity contribution in [1.29, 1.82) is 0 Å². The van der Waals surface area contributed by atoms with Crippen molar-refractivity contribution in [3.63, 3.8) is 0 Å². The second kappa shape index (κ2) is 7.65. The molecule has 0 fully saturated rings. The number of urea groups is 1. The van der Waals surface area contributed by atoms with E-state index in [-0.39, 0.29) is 21.3 Å². The van der Waals surface area contributed by atoms with Crippen molar-refractivity contribution in [1.82, 2.24) is 5.32 Å². The summed E-state index contributed by atoms with van der Waals surface area (Å²) in [5.74, 6) is -2.81. The van der Waals surface area contributed by atoms with Gasteiger partial charge in [0.25, 0.3) is 9.70 Å². The summed E-state index contributed by atoms with van der Waals surface area (Å²) >= 11 is 18.9. The predicted octanol–water partition coefficient (Wildman–Crippen LogP) is 3.70. The first-order valence-electron chi connectivity index (χ1n) is 5.75. The summed E-state index contributed by atoms with van der Waals surface area (Å²) in [5, 5.41) is 3.99. The first-order chi connectivity index (χ1) is 10.5. The molecule has 0 bridgehead atoms. The first-order valence-corrected chi connectivity index (χ1v) is 7.67. The zero-order chi connectivity index (χ0) is 17.9. The lowest BCUT2D eigenvalue weighted by molar-refractivity contribution is -0.119. The molecule has 0 heterocycles.